The van der Waals surface area contributed by atoms with Gasteiger partial charge in [-0.3, -0.25) is 0 Å². The molecular weight excluding hydrogens is 275 g/mol. The summed E-state index contributed by atoms with van der Waals surface area (Å²) in [6, 6.07) is 15.6. The average molecular weight is 290 g/mol. The van der Waals surface area contributed by atoms with Gasteiger partial charge in [-0.15, -0.1) is 11.8 Å². The van der Waals surface area contributed by atoms with Crippen LogP contribution in [0.15, 0.2) is 59.5 Å². The monoisotopic (exact) mass is 290 g/mol. The lowest BCUT2D eigenvalue weighted by Crippen LogP contribution is -2.30. The van der Waals surface area contributed by atoms with Crippen LogP contribution in [0.2, 0.25) is 0 Å². The fraction of sp³-hybridized carbons (Fsp3) is 0.133. The number of carbonyl (C=O) groups excluding carboxylic acids is 1. The van der Waals surface area contributed by atoms with Gasteiger partial charge in [0.15, 0.2) is 0 Å². The maximum absolute atomic E-state index is 13.3. The van der Waals surface area contributed by atoms with Crippen LogP contribution < -0.4 is 10.6 Å². The van der Waals surface area contributed by atoms with Crippen LogP contribution in [-0.2, 0) is 0 Å². The molecule has 3 nitrogen and oxygen atoms in total. The summed E-state index contributed by atoms with van der Waals surface area (Å²) in [5.41, 5.74) is 0.181. The van der Waals surface area contributed by atoms with E-state index in [1.54, 1.807) is 23.9 Å². The molecule has 0 aliphatic heterocycles. The van der Waals surface area contributed by atoms with Crippen molar-refractivity contribution < 1.29 is 9.18 Å². The summed E-state index contributed by atoms with van der Waals surface area (Å²) in [6.07, 6.45) is 0. The van der Waals surface area contributed by atoms with Crippen LogP contribution in [0.3, 0.4) is 0 Å². The number of halogens is 1. The predicted molar refractivity (Wildman–Crippen MR) is 80.6 cm³/mol. The molecule has 2 aromatic carbocycles. The van der Waals surface area contributed by atoms with Crippen molar-refractivity contribution >= 4 is 23.5 Å². The van der Waals surface area contributed by atoms with E-state index in [0.717, 1.165) is 10.6 Å². The predicted octanol–water partition coefficient (Wildman–Crippen LogP) is 3.74. The number of rotatable bonds is 5. The Balaban J connectivity index is 1.69. The summed E-state index contributed by atoms with van der Waals surface area (Å²) in [5, 5.41) is 5.17. The molecule has 0 spiro atoms. The van der Waals surface area contributed by atoms with Crippen LogP contribution in [0, 0.1) is 5.82 Å². The topological polar surface area (TPSA) is 41.1 Å². The molecule has 2 aromatic rings. The molecule has 20 heavy (non-hydrogen) atoms. The number of hydrogen-bond donors (Lipinski definition) is 2. The van der Waals surface area contributed by atoms with E-state index < -0.39 is 11.8 Å². The van der Waals surface area contributed by atoms with Crippen molar-refractivity contribution in [1.29, 1.82) is 0 Å². The van der Waals surface area contributed by atoms with Crippen LogP contribution in [0.4, 0.5) is 14.9 Å². The number of benzene rings is 2. The Bertz CT molecular complexity index is 563. The molecule has 2 rings (SSSR count). The molecule has 0 atom stereocenters. The Morgan fingerprint density at radius 3 is 2.50 bits per heavy atom. The van der Waals surface area contributed by atoms with Crippen molar-refractivity contribution in [3.63, 3.8) is 0 Å². The van der Waals surface area contributed by atoms with E-state index in [4.69, 9.17) is 0 Å². The SMILES string of the molecule is O=C(NCCSc1ccccc1)Nc1ccccc1F. The molecule has 0 fully saturated rings. The van der Waals surface area contributed by atoms with Crippen LogP contribution >= 0.6 is 11.8 Å². The molecule has 104 valence electrons. The minimum atomic E-state index is -0.443. The summed E-state index contributed by atoms with van der Waals surface area (Å²) in [6.45, 7) is 0.514. The molecule has 0 aliphatic carbocycles. The third kappa shape index (κ3) is 4.59. The van der Waals surface area contributed by atoms with Crippen LogP contribution in [0.25, 0.3) is 0 Å². The molecule has 0 aliphatic rings. The maximum Gasteiger partial charge on any atom is 0.319 e. The van der Waals surface area contributed by atoms with Gasteiger partial charge in [-0.25, -0.2) is 9.18 Å². The fourth-order valence-electron chi connectivity index (χ4n) is 1.58. The van der Waals surface area contributed by atoms with Gasteiger partial charge < -0.3 is 10.6 Å². The van der Waals surface area contributed by atoms with Gasteiger partial charge in [0.1, 0.15) is 5.82 Å². The summed E-state index contributed by atoms with van der Waals surface area (Å²) in [4.78, 5) is 12.7. The van der Waals surface area contributed by atoms with Gasteiger partial charge in [-0.05, 0) is 24.3 Å². The number of nitrogens with one attached hydrogen (secondary N) is 2. The first-order valence-electron chi connectivity index (χ1n) is 6.23. The van der Waals surface area contributed by atoms with Crippen molar-refractivity contribution in [3.05, 3.63) is 60.4 Å². The van der Waals surface area contributed by atoms with Crippen LogP contribution in [-0.4, -0.2) is 18.3 Å². The van der Waals surface area contributed by atoms with E-state index in [0.29, 0.717) is 6.54 Å². The van der Waals surface area contributed by atoms with Crippen molar-refractivity contribution in [2.75, 3.05) is 17.6 Å². The number of amides is 2. The molecule has 0 bridgehead atoms. The first kappa shape index (κ1) is 14.4. The summed E-state index contributed by atoms with van der Waals surface area (Å²) < 4.78 is 13.3. The van der Waals surface area contributed by atoms with E-state index >= 15 is 0 Å². The van der Waals surface area contributed by atoms with Gasteiger partial charge >= 0.3 is 6.03 Å². The molecule has 5 heteroatoms. The van der Waals surface area contributed by atoms with Crippen LogP contribution in [0.1, 0.15) is 0 Å². The van der Waals surface area contributed by atoms with Crippen molar-refractivity contribution in [2.24, 2.45) is 0 Å². The van der Waals surface area contributed by atoms with E-state index in [1.165, 1.54) is 12.1 Å². The second-order valence-electron chi connectivity index (χ2n) is 4.02. The lowest BCUT2D eigenvalue weighted by molar-refractivity contribution is 0.252. The molecule has 0 unspecified atom stereocenters. The molecule has 0 saturated carbocycles. The van der Waals surface area contributed by atoms with Gasteiger partial charge in [0.2, 0.25) is 0 Å². The van der Waals surface area contributed by atoms with Gasteiger partial charge in [-0.1, -0.05) is 30.3 Å². The minimum Gasteiger partial charge on any atom is -0.337 e. The second-order valence-corrected chi connectivity index (χ2v) is 5.19. The largest absolute Gasteiger partial charge is 0.337 e. The normalized spacial score (nSPS) is 10.1. The highest BCUT2D eigenvalue weighted by atomic mass is 32.2. The number of para-hydroxylation sites is 1. The summed E-state index contributed by atoms with van der Waals surface area (Å²) in [7, 11) is 0. The zero-order chi connectivity index (χ0) is 14.2. The lowest BCUT2D eigenvalue weighted by atomic mass is 10.3. The van der Waals surface area contributed by atoms with Crippen molar-refractivity contribution in [1.82, 2.24) is 5.32 Å². The minimum absolute atomic E-state index is 0.181. The highest BCUT2D eigenvalue weighted by Crippen LogP contribution is 2.16. The van der Waals surface area contributed by atoms with E-state index in [1.807, 2.05) is 30.3 Å². The van der Waals surface area contributed by atoms with Gasteiger partial charge in [0.05, 0.1) is 5.69 Å². The smallest absolute Gasteiger partial charge is 0.319 e. The molecule has 0 heterocycles. The Labute approximate surface area is 121 Å². The van der Waals surface area contributed by atoms with Crippen LogP contribution in [0.5, 0.6) is 0 Å². The summed E-state index contributed by atoms with van der Waals surface area (Å²) in [5.74, 6) is 0.315. The highest BCUT2D eigenvalue weighted by molar-refractivity contribution is 7.99. The first-order chi connectivity index (χ1) is 9.75. The van der Waals surface area contributed by atoms with E-state index in [-0.39, 0.29) is 5.69 Å². The molecule has 0 radical (unpaired) electrons. The first-order valence-corrected chi connectivity index (χ1v) is 7.21. The van der Waals surface area contributed by atoms with Gasteiger partial charge in [0.25, 0.3) is 0 Å². The average Bonchev–Trinajstić information content (AvgIpc) is 2.47. The van der Waals surface area contributed by atoms with E-state index in [2.05, 4.69) is 10.6 Å². The number of thioether (sulfide) groups is 1. The number of carbonyl (C=O) groups is 1. The molecule has 2 amide bonds. The Hall–Kier alpha value is -2.01. The van der Waals surface area contributed by atoms with Crippen molar-refractivity contribution in [3.8, 4) is 0 Å². The molecule has 0 saturated heterocycles. The Kier molecular flexibility index (Phi) is 5.43. The zero-order valence-corrected chi connectivity index (χ0v) is 11.6. The van der Waals surface area contributed by atoms with Crippen molar-refractivity contribution in [2.45, 2.75) is 4.90 Å². The van der Waals surface area contributed by atoms with Gasteiger partial charge in [-0.2, -0.15) is 0 Å². The molecule has 2 N–H and O–H groups in total. The molecule has 0 aromatic heterocycles. The molecular formula is C15H15FN2OS. The highest BCUT2D eigenvalue weighted by Gasteiger charge is 2.04. The maximum atomic E-state index is 13.3. The number of anilines is 1. The Morgan fingerprint density at radius 1 is 1.05 bits per heavy atom. The quantitative estimate of drug-likeness (QED) is 0.650. The lowest BCUT2D eigenvalue weighted by Gasteiger charge is -2.08. The number of hydrogen-bond acceptors (Lipinski definition) is 2. The fourth-order valence-corrected chi connectivity index (χ4v) is 2.37. The third-order valence-corrected chi connectivity index (χ3v) is 3.54. The van der Waals surface area contributed by atoms with Gasteiger partial charge in [0, 0.05) is 17.2 Å². The number of urea groups is 1. The standard InChI is InChI=1S/C15H15FN2OS/c16-13-8-4-5-9-14(13)18-15(19)17-10-11-20-12-6-2-1-3-7-12/h1-9H,10-11H2,(H2,17,18,19). The van der Waals surface area contributed by atoms with E-state index in [9.17, 15) is 9.18 Å². The Morgan fingerprint density at radius 2 is 1.75 bits per heavy atom. The summed E-state index contributed by atoms with van der Waals surface area (Å²) >= 11 is 1.66. The third-order valence-electron chi connectivity index (χ3n) is 2.52. The zero-order valence-electron chi connectivity index (χ0n) is 10.8. The second kappa shape index (κ2) is 7.55.